The van der Waals surface area contributed by atoms with Crippen molar-refractivity contribution < 1.29 is 22.4 Å². The third kappa shape index (κ3) is 4.72. The van der Waals surface area contributed by atoms with Gasteiger partial charge in [-0.25, -0.2) is 8.42 Å². The first-order chi connectivity index (χ1) is 14.5. The zero-order chi connectivity index (χ0) is 22.9. The van der Waals surface area contributed by atoms with Crippen molar-refractivity contribution in [1.29, 1.82) is 0 Å². The number of esters is 1. The number of sulfonamides is 1. The van der Waals surface area contributed by atoms with Gasteiger partial charge in [0.15, 0.2) is 0 Å². The molecule has 1 heterocycles. The molecule has 1 atom stereocenters. The van der Waals surface area contributed by atoms with Crippen molar-refractivity contribution in [3.05, 3.63) is 42.0 Å². The van der Waals surface area contributed by atoms with E-state index in [1.165, 1.54) is 19.2 Å². The van der Waals surface area contributed by atoms with Gasteiger partial charge in [-0.1, -0.05) is 13.8 Å². The minimum atomic E-state index is -3.97. The number of aliphatic imine (C=N–C) groups is 1. The van der Waals surface area contributed by atoms with Crippen LogP contribution in [-0.4, -0.2) is 39.4 Å². The molecule has 3 N–H and O–H groups in total. The maximum absolute atomic E-state index is 12.9. The molecule has 0 bridgehead atoms. The SMILES string of the molecule is COC(=O)C(NS(=O)(=O)c1ccc2c(c1)oc1ccc(C(N)=NC(C)C)cc12)C(C)C. The Balaban J connectivity index is 2.03. The molecule has 9 heteroatoms. The third-order valence-corrected chi connectivity index (χ3v) is 6.29. The lowest BCUT2D eigenvalue weighted by Crippen LogP contribution is -2.44. The average Bonchev–Trinajstić information content (AvgIpc) is 3.07. The molecule has 166 valence electrons. The highest BCUT2D eigenvalue weighted by Gasteiger charge is 2.29. The van der Waals surface area contributed by atoms with Gasteiger partial charge >= 0.3 is 5.97 Å². The number of ether oxygens (including phenoxy) is 1. The minimum Gasteiger partial charge on any atom is -0.468 e. The fourth-order valence-electron chi connectivity index (χ4n) is 3.26. The summed E-state index contributed by atoms with van der Waals surface area (Å²) in [6.07, 6.45) is 0. The lowest BCUT2D eigenvalue weighted by molar-refractivity contribution is -0.143. The van der Waals surface area contributed by atoms with Gasteiger partial charge in [0.05, 0.1) is 12.0 Å². The van der Waals surface area contributed by atoms with Crippen LogP contribution < -0.4 is 10.5 Å². The van der Waals surface area contributed by atoms with Crippen molar-refractivity contribution in [2.24, 2.45) is 16.6 Å². The molecule has 1 aromatic heterocycles. The maximum atomic E-state index is 12.9. The van der Waals surface area contributed by atoms with Crippen LogP contribution in [0.2, 0.25) is 0 Å². The van der Waals surface area contributed by atoms with Gasteiger partial charge in [0.1, 0.15) is 23.0 Å². The molecule has 0 spiro atoms. The van der Waals surface area contributed by atoms with Crippen LogP contribution in [0.5, 0.6) is 0 Å². The highest BCUT2D eigenvalue weighted by Crippen LogP contribution is 2.31. The lowest BCUT2D eigenvalue weighted by atomic mass is 10.1. The number of nitrogens with one attached hydrogen (secondary N) is 1. The summed E-state index contributed by atoms with van der Waals surface area (Å²) in [5.74, 6) is -0.498. The number of furan rings is 1. The third-order valence-electron chi connectivity index (χ3n) is 4.85. The van der Waals surface area contributed by atoms with Crippen LogP contribution in [0.3, 0.4) is 0 Å². The van der Waals surface area contributed by atoms with E-state index >= 15 is 0 Å². The van der Waals surface area contributed by atoms with E-state index in [4.69, 9.17) is 14.9 Å². The predicted octanol–water partition coefficient (Wildman–Crippen LogP) is 3.18. The molecule has 3 aromatic rings. The number of amidine groups is 1. The van der Waals surface area contributed by atoms with E-state index < -0.39 is 22.0 Å². The molecule has 0 fully saturated rings. The van der Waals surface area contributed by atoms with Crippen LogP contribution in [0.25, 0.3) is 21.9 Å². The molecule has 0 saturated heterocycles. The average molecular weight is 446 g/mol. The van der Waals surface area contributed by atoms with Crippen LogP contribution in [0.1, 0.15) is 33.3 Å². The maximum Gasteiger partial charge on any atom is 0.324 e. The van der Waals surface area contributed by atoms with Gasteiger partial charge in [-0.15, -0.1) is 0 Å². The topological polar surface area (TPSA) is 124 Å². The molecule has 0 aliphatic carbocycles. The summed E-state index contributed by atoms with van der Waals surface area (Å²) < 4.78 is 38.8. The molecule has 3 rings (SSSR count). The summed E-state index contributed by atoms with van der Waals surface area (Å²) >= 11 is 0. The van der Waals surface area contributed by atoms with Crippen molar-refractivity contribution in [2.45, 2.75) is 44.7 Å². The van der Waals surface area contributed by atoms with E-state index in [2.05, 4.69) is 9.71 Å². The Morgan fingerprint density at radius 3 is 2.39 bits per heavy atom. The van der Waals surface area contributed by atoms with E-state index in [0.717, 1.165) is 16.3 Å². The van der Waals surface area contributed by atoms with Crippen LogP contribution in [0.4, 0.5) is 0 Å². The zero-order valence-corrected chi connectivity index (χ0v) is 19.0. The summed E-state index contributed by atoms with van der Waals surface area (Å²) in [6, 6.07) is 9.15. The van der Waals surface area contributed by atoms with Gasteiger partial charge in [-0.3, -0.25) is 9.79 Å². The lowest BCUT2D eigenvalue weighted by Gasteiger charge is -2.19. The number of methoxy groups -OCH3 is 1. The second kappa shape index (κ2) is 8.68. The normalized spacial score (nSPS) is 14.0. The largest absolute Gasteiger partial charge is 0.468 e. The summed E-state index contributed by atoms with van der Waals surface area (Å²) in [5, 5.41) is 1.56. The Bertz CT molecular complexity index is 1260. The number of hydrogen-bond donors (Lipinski definition) is 2. The monoisotopic (exact) mass is 445 g/mol. The Kier molecular flexibility index (Phi) is 6.38. The highest BCUT2D eigenvalue weighted by atomic mass is 32.2. The first-order valence-electron chi connectivity index (χ1n) is 9.93. The summed E-state index contributed by atoms with van der Waals surface area (Å²) in [4.78, 5) is 16.3. The van der Waals surface area contributed by atoms with Gasteiger partial charge in [-0.2, -0.15) is 4.72 Å². The summed E-state index contributed by atoms with van der Waals surface area (Å²) in [7, 11) is -2.75. The quantitative estimate of drug-likeness (QED) is 0.327. The Morgan fingerprint density at radius 1 is 1.06 bits per heavy atom. The molecule has 0 aliphatic heterocycles. The molecule has 0 aliphatic rings. The fraction of sp³-hybridized carbons (Fsp3) is 0.364. The minimum absolute atomic E-state index is 0.00489. The molecule has 1 unspecified atom stereocenters. The second-order valence-corrected chi connectivity index (χ2v) is 9.66. The van der Waals surface area contributed by atoms with Crippen LogP contribution >= 0.6 is 0 Å². The van der Waals surface area contributed by atoms with E-state index in [1.54, 1.807) is 26.0 Å². The Hall–Kier alpha value is -2.91. The van der Waals surface area contributed by atoms with Crippen LogP contribution in [0, 0.1) is 5.92 Å². The Labute approximate surface area is 181 Å². The van der Waals surface area contributed by atoms with Crippen LogP contribution in [-0.2, 0) is 19.6 Å². The fourth-order valence-corrected chi connectivity index (χ4v) is 4.60. The zero-order valence-electron chi connectivity index (χ0n) is 18.2. The molecule has 31 heavy (non-hydrogen) atoms. The van der Waals surface area contributed by atoms with E-state index in [1.807, 2.05) is 26.0 Å². The molecule has 0 radical (unpaired) electrons. The summed E-state index contributed by atoms with van der Waals surface area (Å²) in [5.41, 5.74) is 7.86. The molecule has 2 aromatic carbocycles. The number of nitrogens with zero attached hydrogens (tertiary/aromatic N) is 1. The number of carbonyl (C=O) groups is 1. The van der Waals surface area contributed by atoms with Gasteiger partial charge in [0.2, 0.25) is 10.0 Å². The van der Waals surface area contributed by atoms with E-state index in [-0.39, 0.29) is 16.9 Å². The number of carbonyl (C=O) groups excluding carboxylic acids is 1. The van der Waals surface area contributed by atoms with Crippen molar-refractivity contribution in [1.82, 2.24) is 4.72 Å². The van der Waals surface area contributed by atoms with Crippen LogP contribution in [0.15, 0.2) is 50.7 Å². The van der Waals surface area contributed by atoms with Crippen molar-refractivity contribution in [2.75, 3.05) is 7.11 Å². The Morgan fingerprint density at radius 2 is 1.77 bits per heavy atom. The van der Waals surface area contributed by atoms with Crippen molar-refractivity contribution in [3.63, 3.8) is 0 Å². The van der Waals surface area contributed by atoms with Gasteiger partial charge in [0.25, 0.3) is 0 Å². The number of hydrogen-bond acceptors (Lipinski definition) is 6. The second-order valence-electron chi connectivity index (χ2n) is 7.95. The summed E-state index contributed by atoms with van der Waals surface area (Å²) in [6.45, 7) is 7.36. The molecular weight excluding hydrogens is 418 g/mol. The van der Waals surface area contributed by atoms with Gasteiger partial charge < -0.3 is 14.9 Å². The standard InChI is InChI=1S/C22H27N3O5S/c1-12(2)20(22(26)29-5)25-31(27,28)15-7-8-16-17-10-14(21(23)24-13(3)4)6-9-18(17)30-19(16)11-15/h6-13,20,25H,1-5H3,(H2,23,24). The van der Waals surface area contributed by atoms with E-state index in [9.17, 15) is 13.2 Å². The number of rotatable bonds is 7. The van der Waals surface area contributed by atoms with Gasteiger partial charge in [0, 0.05) is 28.4 Å². The highest BCUT2D eigenvalue weighted by molar-refractivity contribution is 7.89. The first-order valence-corrected chi connectivity index (χ1v) is 11.4. The van der Waals surface area contributed by atoms with Gasteiger partial charge in [-0.05, 0) is 50.1 Å². The number of fused-ring (bicyclic) bond motifs is 3. The molecule has 0 amide bonds. The van der Waals surface area contributed by atoms with E-state index in [0.29, 0.717) is 17.0 Å². The van der Waals surface area contributed by atoms with Crippen molar-refractivity contribution >= 4 is 43.8 Å². The molecular formula is C22H27N3O5S. The van der Waals surface area contributed by atoms with Crippen molar-refractivity contribution in [3.8, 4) is 0 Å². The first kappa shape index (κ1) is 22.8. The molecule has 8 nitrogen and oxygen atoms in total. The number of nitrogens with two attached hydrogens (primary N) is 1. The molecule has 0 saturated carbocycles. The smallest absolute Gasteiger partial charge is 0.324 e. The predicted molar refractivity (Wildman–Crippen MR) is 121 cm³/mol. The number of benzene rings is 2.